The van der Waals surface area contributed by atoms with Crippen LogP contribution in [-0.2, 0) is 33.0 Å². The van der Waals surface area contributed by atoms with Crippen LogP contribution in [0.15, 0.2) is 58.5 Å². The summed E-state index contributed by atoms with van der Waals surface area (Å²) < 4.78 is 22.2. The summed E-state index contributed by atoms with van der Waals surface area (Å²) in [5.41, 5.74) is 20.0. The van der Waals surface area contributed by atoms with Crippen molar-refractivity contribution in [3.63, 3.8) is 0 Å². The minimum absolute atomic E-state index is 0. The molecule has 55 heavy (non-hydrogen) atoms. The fraction of sp³-hybridized carbons (Fsp3) is 0.595. The van der Waals surface area contributed by atoms with E-state index in [9.17, 15) is 4.79 Å². The van der Waals surface area contributed by atoms with Gasteiger partial charge in [0, 0.05) is 70.6 Å². The molecular weight excluding hydrogens is 759 g/mol. The van der Waals surface area contributed by atoms with Gasteiger partial charge in [-0.3, -0.25) is 19.6 Å². The van der Waals surface area contributed by atoms with E-state index in [1.165, 1.54) is 49.2 Å². The van der Waals surface area contributed by atoms with Gasteiger partial charge in [0.05, 0.1) is 37.7 Å². The third-order valence-corrected chi connectivity index (χ3v) is 7.76. The number of carbonyl (C=O) groups is 1. The maximum Gasteiger partial charge on any atom is 0.403 e. The highest BCUT2D eigenvalue weighted by molar-refractivity contribution is 6.61. The average molecular weight is 826 g/mol. The number of aliphatic hydroxyl groups excluding tert-OH is 2. The Bertz CT molecular complexity index is 1180. The van der Waals surface area contributed by atoms with Crippen LogP contribution in [0.2, 0.25) is 0 Å². The van der Waals surface area contributed by atoms with E-state index in [1.807, 2.05) is 38.1 Å². The first-order chi connectivity index (χ1) is 26.1. The Labute approximate surface area is 337 Å². The zero-order chi connectivity index (χ0) is 41.0. The van der Waals surface area contributed by atoms with Crippen LogP contribution in [-0.4, -0.2) is 122 Å². The van der Waals surface area contributed by atoms with Crippen molar-refractivity contribution in [2.24, 2.45) is 39.0 Å². The second kappa shape index (κ2) is 39.3. The molecule has 9 N–H and O–H groups in total. The number of hydrogen-bond acceptors (Lipinski definition) is 14. The van der Waals surface area contributed by atoms with E-state index in [-0.39, 0.29) is 63.9 Å². The Hall–Kier alpha value is -2.97. The fourth-order valence-electron chi connectivity index (χ4n) is 4.63. The number of aliphatic hydroxyl groups is 2. The van der Waals surface area contributed by atoms with Gasteiger partial charge in [-0.05, 0) is 47.6 Å². The smallest absolute Gasteiger partial charge is 0.403 e. The minimum Gasteiger partial charge on any atom is -0.453 e. The number of ether oxygens (including phenoxy) is 4. The van der Waals surface area contributed by atoms with E-state index < -0.39 is 5.43 Å². The Kier molecular flexibility index (Phi) is 40.2. The molecule has 1 aliphatic rings. The number of nitrogens with two attached hydrogens (primary N) is 3. The second-order valence-corrected chi connectivity index (χ2v) is 11.9. The summed E-state index contributed by atoms with van der Waals surface area (Å²) in [6, 6.07) is 16.4. The second-order valence-electron chi connectivity index (χ2n) is 11.4. The van der Waals surface area contributed by atoms with Gasteiger partial charge in [0.2, 0.25) is 0 Å². The van der Waals surface area contributed by atoms with E-state index in [4.69, 9.17) is 43.8 Å². The van der Waals surface area contributed by atoms with Gasteiger partial charge in [0.25, 0.3) is 0 Å². The SMILES string of the molecule is C.CC(CO)C(N)CCN=CN.COCOC.COCOCl.COOCNCCC(N=CN)C(C)CO.O=C(Cl)OCC1c2ccccc2-c2ccccc21. The summed E-state index contributed by atoms with van der Waals surface area (Å²) in [5.74, 6) is 0.331. The van der Waals surface area contributed by atoms with Crippen molar-refractivity contribution in [1.29, 1.82) is 0 Å². The lowest BCUT2D eigenvalue weighted by Gasteiger charge is -2.17. The quantitative estimate of drug-likeness (QED) is 0.0204. The lowest BCUT2D eigenvalue weighted by atomic mass is 9.98. The van der Waals surface area contributed by atoms with Gasteiger partial charge in [-0.1, -0.05) is 69.8 Å². The molecule has 0 heterocycles. The Morgan fingerprint density at radius 1 is 0.891 bits per heavy atom. The van der Waals surface area contributed by atoms with Crippen LogP contribution >= 0.6 is 23.5 Å². The number of methoxy groups -OCH3 is 3. The summed E-state index contributed by atoms with van der Waals surface area (Å²) in [6.45, 7) is 6.63. The number of fused-ring (bicyclic) bond motifs is 3. The average Bonchev–Trinajstić information content (AvgIpc) is 3.51. The normalized spacial score (nSPS) is 13.4. The molecule has 0 spiro atoms. The van der Waals surface area contributed by atoms with E-state index in [0.717, 1.165) is 19.4 Å². The van der Waals surface area contributed by atoms with Crippen LogP contribution in [0.25, 0.3) is 11.1 Å². The minimum atomic E-state index is -0.753. The van der Waals surface area contributed by atoms with Crippen LogP contribution < -0.4 is 22.5 Å². The van der Waals surface area contributed by atoms with Gasteiger partial charge in [-0.2, -0.15) is 0 Å². The molecule has 2 aromatic carbocycles. The third kappa shape index (κ3) is 27.3. The van der Waals surface area contributed by atoms with Crippen LogP contribution in [0.1, 0.15) is 51.2 Å². The molecule has 2 aromatic rings. The number of rotatable bonds is 20. The van der Waals surface area contributed by atoms with E-state index in [2.05, 4.69) is 79.7 Å². The van der Waals surface area contributed by atoms with Crippen molar-refractivity contribution in [2.45, 2.75) is 52.1 Å². The fourth-order valence-corrected chi connectivity index (χ4v) is 4.78. The number of benzene rings is 2. The van der Waals surface area contributed by atoms with Crippen LogP contribution in [0, 0.1) is 11.8 Å². The predicted octanol–water partition coefficient (Wildman–Crippen LogP) is 4.61. The molecule has 0 bridgehead atoms. The lowest BCUT2D eigenvalue weighted by molar-refractivity contribution is -0.276. The molecule has 0 radical (unpaired) electrons. The molecular formula is C37H66Cl2N6O10. The zero-order valence-corrected chi connectivity index (χ0v) is 33.8. The number of nitrogens with zero attached hydrogens (tertiary/aromatic N) is 2. The molecule has 0 saturated carbocycles. The van der Waals surface area contributed by atoms with E-state index in [1.54, 1.807) is 14.2 Å². The number of aliphatic imine (C=N–C) groups is 2. The predicted molar refractivity (Wildman–Crippen MR) is 220 cm³/mol. The number of halogens is 2. The summed E-state index contributed by atoms with van der Waals surface area (Å²) in [6.07, 6.45) is 4.12. The molecule has 0 aliphatic heterocycles. The van der Waals surface area contributed by atoms with Gasteiger partial charge >= 0.3 is 5.43 Å². The molecule has 16 nitrogen and oxygen atoms in total. The van der Waals surface area contributed by atoms with Crippen molar-refractivity contribution >= 4 is 41.6 Å². The zero-order valence-electron chi connectivity index (χ0n) is 32.3. The maximum atomic E-state index is 10.8. The topological polar surface area (TPSA) is 237 Å². The molecule has 0 amide bonds. The van der Waals surface area contributed by atoms with Crippen molar-refractivity contribution in [1.82, 2.24) is 5.32 Å². The molecule has 4 atom stereocenters. The molecule has 18 heteroatoms. The molecule has 1 aliphatic carbocycles. The lowest BCUT2D eigenvalue weighted by Crippen LogP contribution is -2.31. The van der Waals surface area contributed by atoms with Crippen molar-refractivity contribution in [3.8, 4) is 11.1 Å². The van der Waals surface area contributed by atoms with Crippen LogP contribution in [0.4, 0.5) is 4.79 Å². The van der Waals surface area contributed by atoms with Gasteiger partial charge in [0.1, 0.15) is 20.1 Å². The van der Waals surface area contributed by atoms with Crippen molar-refractivity contribution < 1.29 is 48.0 Å². The number of carbonyl (C=O) groups excluding carboxylic acids is 1. The Morgan fingerprint density at radius 2 is 1.44 bits per heavy atom. The first-order valence-electron chi connectivity index (χ1n) is 17.1. The number of nitrogens with one attached hydrogen (secondary N) is 1. The standard InChI is InChI=1S/C15H11ClO2.C9H21N3O3.C7H17N3O.C3H8O2.C2H5ClO2.CH4/c16-15(17)18-9-14-12-7-3-1-5-10(12)11-6-2-4-8-13(11)14;1-8(5-13)9(12-6-10)3-4-11-7-15-14-2;1-6(4-11)7(9)2-3-10-5-8;1-4-3-5-2;1-4-2-5-3;/h1-8,14H,9H2;6,8-9,11,13H,3-5,7H2,1-2H3,(H2,10,12);5-7,11H,2-4,9H2,1H3,(H2,8,10);3H2,1-2H3;2H2,1H3;1H4. The van der Waals surface area contributed by atoms with Gasteiger partial charge < -0.3 is 46.4 Å². The molecule has 4 unspecified atom stereocenters. The summed E-state index contributed by atoms with van der Waals surface area (Å²) in [7, 11) is 6.13. The third-order valence-electron chi connectivity index (χ3n) is 7.56. The van der Waals surface area contributed by atoms with Crippen LogP contribution in [0.5, 0.6) is 0 Å². The van der Waals surface area contributed by atoms with E-state index in [0.29, 0.717) is 20.1 Å². The van der Waals surface area contributed by atoms with Gasteiger partial charge in [-0.15, -0.1) is 0 Å². The van der Waals surface area contributed by atoms with Gasteiger partial charge in [-0.25, -0.2) is 14.6 Å². The van der Waals surface area contributed by atoms with E-state index >= 15 is 0 Å². The highest BCUT2D eigenvalue weighted by Gasteiger charge is 2.28. The highest BCUT2D eigenvalue weighted by Crippen LogP contribution is 2.44. The molecule has 318 valence electrons. The summed E-state index contributed by atoms with van der Waals surface area (Å²) in [4.78, 5) is 27.7. The maximum absolute atomic E-state index is 10.8. The molecule has 0 fully saturated rings. The van der Waals surface area contributed by atoms with Crippen molar-refractivity contribution in [2.75, 3.05) is 81.7 Å². The number of hydrogen-bond donors (Lipinski definition) is 6. The molecule has 3 rings (SSSR count). The molecule has 0 aromatic heterocycles. The monoisotopic (exact) mass is 824 g/mol. The Morgan fingerprint density at radius 3 is 1.84 bits per heavy atom. The highest BCUT2D eigenvalue weighted by atomic mass is 35.5. The Balaban J connectivity index is -0.000000664. The first-order valence-corrected chi connectivity index (χ1v) is 17.7. The summed E-state index contributed by atoms with van der Waals surface area (Å²) >= 11 is 9.93. The molecule has 0 saturated heterocycles. The first kappa shape index (κ1) is 56.4. The van der Waals surface area contributed by atoms with Crippen molar-refractivity contribution in [3.05, 3.63) is 59.7 Å². The summed E-state index contributed by atoms with van der Waals surface area (Å²) in [5, 5.41) is 20.7. The van der Waals surface area contributed by atoms with Crippen LogP contribution in [0.3, 0.4) is 0 Å². The largest absolute Gasteiger partial charge is 0.453 e. The van der Waals surface area contributed by atoms with Gasteiger partial charge in [0.15, 0.2) is 6.79 Å².